The summed E-state index contributed by atoms with van der Waals surface area (Å²) in [5.74, 6) is -0.405. The first-order chi connectivity index (χ1) is 24.6. The van der Waals surface area contributed by atoms with Gasteiger partial charge in [-0.05, 0) is 44.9 Å². The summed E-state index contributed by atoms with van der Waals surface area (Å²) in [5.41, 5.74) is 0. The Bertz CT molecular complexity index is 761. The molecule has 0 fully saturated rings. The van der Waals surface area contributed by atoms with Crippen LogP contribution in [0.15, 0.2) is 24.3 Å². The van der Waals surface area contributed by atoms with Gasteiger partial charge in [-0.3, -0.25) is 9.59 Å². The molecule has 50 heavy (non-hydrogen) atoms. The number of rotatable bonds is 40. The third-order valence-electron chi connectivity index (χ3n) is 9.47. The first kappa shape index (κ1) is 48.4. The van der Waals surface area contributed by atoms with Crippen LogP contribution in [-0.4, -0.2) is 37.9 Å². The largest absolute Gasteiger partial charge is 0.462 e. The van der Waals surface area contributed by atoms with Crippen molar-refractivity contribution in [2.75, 3.05) is 19.8 Å². The van der Waals surface area contributed by atoms with Gasteiger partial charge in [-0.1, -0.05) is 193 Å². The van der Waals surface area contributed by atoms with Gasteiger partial charge in [0.05, 0.1) is 6.61 Å². The van der Waals surface area contributed by atoms with Gasteiger partial charge < -0.3 is 14.2 Å². The van der Waals surface area contributed by atoms with Crippen molar-refractivity contribution in [3.05, 3.63) is 24.3 Å². The van der Waals surface area contributed by atoms with E-state index >= 15 is 0 Å². The van der Waals surface area contributed by atoms with Crippen molar-refractivity contribution in [2.45, 2.75) is 232 Å². The molecule has 0 amide bonds. The zero-order chi connectivity index (χ0) is 36.4. The number of unbranched alkanes of at least 4 members (excludes halogenated alkanes) is 25. The second kappa shape index (κ2) is 41.8. The fraction of sp³-hybridized carbons (Fsp3) is 0.867. The van der Waals surface area contributed by atoms with Crippen molar-refractivity contribution < 1.29 is 23.8 Å². The Balaban J connectivity index is 4.23. The molecule has 0 rings (SSSR count). The second-order valence-electron chi connectivity index (χ2n) is 14.6. The molecule has 0 aromatic carbocycles. The summed E-state index contributed by atoms with van der Waals surface area (Å²) in [6.45, 7) is 7.76. The second-order valence-corrected chi connectivity index (χ2v) is 14.6. The van der Waals surface area contributed by atoms with Crippen molar-refractivity contribution in [3.8, 4) is 0 Å². The van der Waals surface area contributed by atoms with Crippen molar-refractivity contribution in [2.24, 2.45) is 0 Å². The number of carbonyl (C=O) groups excluding carboxylic acids is 2. The number of carbonyl (C=O) groups is 2. The number of allylic oxidation sites excluding steroid dienone is 4. The van der Waals surface area contributed by atoms with Crippen LogP contribution in [0, 0.1) is 0 Å². The Morgan fingerprint density at radius 3 is 1.40 bits per heavy atom. The average molecular weight is 705 g/mol. The van der Waals surface area contributed by atoms with Crippen LogP contribution in [0.25, 0.3) is 0 Å². The number of ether oxygens (including phenoxy) is 3. The van der Waals surface area contributed by atoms with E-state index in [-0.39, 0.29) is 25.2 Å². The van der Waals surface area contributed by atoms with Crippen LogP contribution in [-0.2, 0) is 23.8 Å². The summed E-state index contributed by atoms with van der Waals surface area (Å²) in [4.78, 5) is 25.1. The SMILES string of the molecule is CCC/C=C\C/C=C\CCCCCCCC(=O)OCC(COCCCCCCCCCCCC)OC(=O)CCCCCCCCCCCCC. The summed E-state index contributed by atoms with van der Waals surface area (Å²) in [5, 5.41) is 0. The summed E-state index contributed by atoms with van der Waals surface area (Å²) in [6.07, 6.45) is 45.9. The Hall–Kier alpha value is -1.62. The highest BCUT2D eigenvalue weighted by molar-refractivity contribution is 5.70. The summed E-state index contributed by atoms with van der Waals surface area (Å²) in [6, 6.07) is 0. The molecule has 5 heteroatoms. The molecule has 0 bridgehead atoms. The number of hydrogen-bond acceptors (Lipinski definition) is 5. The van der Waals surface area contributed by atoms with Crippen LogP contribution >= 0.6 is 0 Å². The third kappa shape index (κ3) is 39.2. The van der Waals surface area contributed by atoms with Crippen LogP contribution < -0.4 is 0 Å². The molecule has 0 aromatic heterocycles. The summed E-state index contributed by atoms with van der Waals surface area (Å²) < 4.78 is 17.3. The minimum absolute atomic E-state index is 0.0842. The molecule has 0 aliphatic carbocycles. The van der Waals surface area contributed by atoms with E-state index in [4.69, 9.17) is 14.2 Å². The van der Waals surface area contributed by atoms with Gasteiger partial charge in [-0.25, -0.2) is 0 Å². The minimum atomic E-state index is -0.530. The standard InChI is InChI=1S/C45H84O5/c1-4-7-10-13-16-19-22-23-25-26-29-32-35-38-44(46)49-42-43(41-48-40-37-34-31-28-21-18-15-12-9-6-3)50-45(47)39-36-33-30-27-24-20-17-14-11-8-5-2/h10,13,19,22,43H,4-9,11-12,14-18,20-21,23-42H2,1-3H3/b13-10-,22-19-. The highest BCUT2D eigenvalue weighted by Crippen LogP contribution is 2.14. The van der Waals surface area contributed by atoms with E-state index in [0.29, 0.717) is 19.4 Å². The van der Waals surface area contributed by atoms with Gasteiger partial charge in [0.2, 0.25) is 0 Å². The quantitative estimate of drug-likeness (QED) is 0.0361. The molecule has 1 atom stereocenters. The van der Waals surface area contributed by atoms with Crippen molar-refractivity contribution in [1.29, 1.82) is 0 Å². The molecule has 5 nitrogen and oxygen atoms in total. The average Bonchev–Trinajstić information content (AvgIpc) is 3.11. The third-order valence-corrected chi connectivity index (χ3v) is 9.47. The van der Waals surface area contributed by atoms with Crippen LogP contribution in [0.3, 0.4) is 0 Å². The van der Waals surface area contributed by atoms with Crippen molar-refractivity contribution in [3.63, 3.8) is 0 Å². The van der Waals surface area contributed by atoms with Gasteiger partial charge in [-0.15, -0.1) is 0 Å². The smallest absolute Gasteiger partial charge is 0.306 e. The number of hydrogen-bond donors (Lipinski definition) is 0. The lowest BCUT2D eigenvalue weighted by molar-refractivity contribution is -0.163. The molecular formula is C45H84O5. The normalized spacial score (nSPS) is 12.3. The highest BCUT2D eigenvalue weighted by Gasteiger charge is 2.17. The predicted molar refractivity (Wildman–Crippen MR) is 215 cm³/mol. The maximum absolute atomic E-state index is 12.7. The molecule has 1 unspecified atom stereocenters. The van der Waals surface area contributed by atoms with Crippen LogP contribution in [0.5, 0.6) is 0 Å². The van der Waals surface area contributed by atoms with Gasteiger partial charge in [0.1, 0.15) is 6.61 Å². The maximum Gasteiger partial charge on any atom is 0.306 e. The van der Waals surface area contributed by atoms with Gasteiger partial charge in [0, 0.05) is 19.4 Å². The molecule has 294 valence electrons. The lowest BCUT2D eigenvalue weighted by Crippen LogP contribution is -2.30. The summed E-state index contributed by atoms with van der Waals surface area (Å²) >= 11 is 0. The molecule has 0 radical (unpaired) electrons. The van der Waals surface area contributed by atoms with Gasteiger partial charge in [0.25, 0.3) is 0 Å². The zero-order valence-electron chi connectivity index (χ0n) is 33.7. The fourth-order valence-electron chi connectivity index (χ4n) is 6.19. The van der Waals surface area contributed by atoms with Crippen molar-refractivity contribution >= 4 is 11.9 Å². The Kier molecular flexibility index (Phi) is 40.4. The first-order valence-electron chi connectivity index (χ1n) is 21.9. The molecular weight excluding hydrogens is 620 g/mol. The van der Waals surface area contributed by atoms with E-state index in [9.17, 15) is 9.59 Å². The van der Waals surface area contributed by atoms with E-state index in [1.54, 1.807) is 0 Å². The molecule has 0 aliphatic heterocycles. The molecule has 0 N–H and O–H groups in total. The molecule has 0 spiro atoms. The molecule has 0 saturated heterocycles. The van der Waals surface area contributed by atoms with Crippen molar-refractivity contribution in [1.82, 2.24) is 0 Å². The lowest BCUT2D eigenvalue weighted by Gasteiger charge is -2.18. The zero-order valence-corrected chi connectivity index (χ0v) is 33.7. The topological polar surface area (TPSA) is 61.8 Å². The van der Waals surface area contributed by atoms with E-state index in [2.05, 4.69) is 45.1 Å². The van der Waals surface area contributed by atoms with Crippen LogP contribution in [0.2, 0.25) is 0 Å². The molecule has 0 aliphatic rings. The highest BCUT2D eigenvalue weighted by atomic mass is 16.6. The Labute approximate surface area is 311 Å². The molecule has 0 saturated carbocycles. The monoisotopic (exact) mass is 705 g/mol. The Morgan fingerprint density at radius 2 is 0.880 bits per heavy atom. The first-order valence-corrected chi connectivity index (χ1v) is 21.9. The lowest BCUT2D eigenvalue weighted by atomic mass is 10.1. The van der Waals surface area contributed by atoms with E-state index in [0.717, 1.165) is 51.4 Å². The van der Waals surface area contributed by atoms with E-state index in [1.807, 2.05) is 0 Å². The fourth-order valence-corrected chi connectivity index (χ4v) is 6.19. The van der Waals surface area contributed by atoms with Gasteiger partial charge in [0.15, 0.2) is 6.10 Å². The molecule has 0 heterocycles. The van der Waals surface area contributed by atoms with E-state index in [1.165, 1.54) is 141 Å². The van der Waals surface area contributed by atoms with Crippen LogP contribution in [0.1, 0.15) is 226 Å². The van der Waals surface area contributed by atoms with Crippen LogP contribution in [0.4, 0.5) is 0 Å². The Morgan fingerprint density at radius 1 is 0.440 bits per heavy atom. The van der Waals surface area contributed by atoms with Gasteiger partial charge >= 0.3 is 11.9 Å². The predicted octanol–water partition coefficient (Wildman–Crippen LogP) is 14.1. The number of esters is 2. The summed E-state index contributed by atoms with van der Waals surface area (Å²) in [7, 11) is 0. The van der Waals surface area contributed by atoms with Gasteiger partial charge in [-0.2, -0.15) is 0 Å². The van der Waals surface area contributed by atoms with E-state index < -0.39 is 6.10 Å². The minimum Gasteiger partial charge on any atom is -0.462 e. The molecule has 0 aromatic rings. The maximum atomic E-state index is 12.7.